The Morgan fingerprint density at radius 3 is 2.14 bits per heavy atom. The molecule has 37 heavy (non-hydrogen) atoms. The van der Waals surface area contributed by atoms with Gasteiger partial charge in [-0.05, 0) is 113 Å². The molecule has 184 valence electrons. The first-order valence-corrected chi connectivity index (χ1v) is 13.7. The maximum atomic E-state index is 6.24. The molecule has 2 aliphatic carbocycles. The molecule has 1 nitrogen and oxygen atoms in total. The van der Waals surface area contributed by atoms with Gasteiger partial charge in [-0.1, -0.05) is 90.5 Å². The number of hydrogen-bond acceptors (Lipinski definition) is 0. The van der Waals surface area contributed by atoms with Crippen molar-refractivity contribution in [3.63, 3.8) is 0 Å². The highest BCUT2D eigenvalue weighted by molar-refractivity contribution is 6.30. The summed E-state index contributed by atoms with van der Waals surface area (Å²) in [4.78, 5) is 2.86. The number of H-pyrrole nitrogens is 1. The Hall–Kier alpha value is -3.55. The van der Waals surface area contributed by atoms with Crippen molar-refractivity contribution < 1.29 is 0 Å². The minimum atomic E-state index is 0.517. The zero-order valence-electron chi connectivity index (χ0n) is 21.0. The van der Waals surface area contributed by atoms with Gasteiger partial charge < -0.3 is 4.98 Å². The van der Waals surface area contributed by atoms with Gasteiger partial charge in [-0.25, -0.2) is 0 Å². The van der Waals surface area contributed by atoms with Gasteiger partial charge in [0.05, 0.1) is 0 Å². The maximum Gasteiger partial charge on any atom is 0.0406 e. The van der Waals surface area contributed by atoms with Crippen molar-refractivity contribution in [3.8, 4) is 11.1 Å². The van der Waals surface area contributed by atoms with E-state index in [1.165, 1.54) is 27.8 Å². The van der Waals surface area contributed by atoms with Crippen LogP contribution in [0, 0.1) is 5.92 Å². The van der Waals surface area contributed by atoms with Gasteiger partial charge in [0.15, 0.2) is 0 Å². The van der Waals surface area contributed by atoms with Gasteiger partial charge in [0.2, 0.25) is 0 Å². The number of halogens is 1. The summed E-state index contributed by atoms with van der Waals surface area (Å²) >= 11 is 6.24. The first kappa shape index (κ1) is 23.8. The van der Waals surface area contributed by atoms with Crippen LogP contribution in [0.15, 0.2) is 116 Å². The van der Waals surface area contributed by atoms with Crippen LogP contribution in [0.25, 0.3) is 11.1 Å². The molecule has 4 aromatic carbocycles. The molecule has 0 radical (unpaired) electrons. The van der Waals surface area contributed by atoms with E-state index in [0.717, 1.165) is 37.1 Å². The summed E-state index contributed by atoms with van der Waals surface area (Å²) in [5.74, 6) is 1.11. The van der Waals surface area contributed by atoms with Crippen molar-refractivity contribution in [3.05, 3.63) is 154 Å². The van der Waals surface area contributed by atoms with Crippen LogP contribution in [0.4, 0.5) is 0 Å². The summed E-state index contributed by atoms with van der Waals surface area (Å²) < 4.78 is 0. The van der Waals surface area contributed by atoms with Crippen molar-refractivity contribution in [1.29, 1.82) is 0 Å². The predicted octanol–water partition coefficient (Wildman–Crippen LogP) is 8.86. The molecule has 0 saturated heterocycles. The third-order valence-corrected chi connectivity index (χ3v) is 8.34. The van der Waals surface area contributed by atoms with E-state index in [1.54, 1.807) is 16.7 Å². The summed E-state index contributed by atoms with van der Waals surface area (Å²) in [5, 5.41) is 0.818. The fraction of sp³-hybridized carbons (Fsp3) is 0.200. The number of aryl methyl sites for hydroxylation is 1. The second-order valence-electron chi connectivity index (χ2n) is 10.3. The van der Waals surface area contributed by atoms with Gasteiger partial charge in [-0.15, -0.1) is 0 Å². The molecule has 7 rings (SSSR count). The van der Waals surface area contributed by atoms with Crippen LogP contribution in [-0.4, -0.2) is 4.98 Å². The van der Waals surface area contributed by atoms with Crippen LogP contribution < -0.4 is 0 Å². The maximum absolute atomic E-state index is 6.24. The minimum absolute atomic E-state index is 0.517. The van der Waals surface area contributed by atoms with Gasteiger partial charge in [-0.3, -0.25) is 0 Å². The number of aromatic nitrogens is 1. The molecular weight excluding hydrogens is 470 g/mol. The highest BCUT2D eigenvalue weighted by Crippen LogP contribution is 2.44. The van der Waals surface area contributed by atoms with E-state index >= 15 is 0 Å². The highest BCUT2D eigenvalue weighted by Gasteiger charge is 2.32. The van der Waals surface area contributed by atoms with Crippen LogP contribution in [0.2, 0.25) is 5.02 Å². The molecule has 1 heterocycles. The second-order valence-corrected chi connectivity index (χ2v) is 10.7. The molecule has 1 aromatic heterocycles. The van der Waals surface area contributed by atoms with E-state index in [2.05, 4.69) is 96.0 Å². The van der Waals surface area contributed by atoms with Crippen LogP contribution >= 0.6 is 11.6 Å². The van der Waals surface area contributed by atoms with Crippen molar-refractivity contribution in [1.82, 2.24) is 4.98 Å². The van der Waals surface area contributed by atoms with Gasteiger partial charge in [-0.2, -0.15) is 0 Å². The lowest BCUT2D eigenvalue weighted by Crippen LogP contribution is -2.27. The monoisotopic (exact) mass is 501 g/mol. The molecule has 2 aliphatic rings. The average Bonchev–Trinajstić information content (AvgIpc) is 3.54. The summed E-state index contributed by atoms with van der Waals surface area (Å²) in [7, 11) is 0. The molecule has 2 unspecified atom stereocenters. The molecule has 0 amide bonds. The Morgan fingerprint density at radius 1 is 0.622 bits per heavy atom. The number of aromatic amines is 1. The molecule has 2 atom stereocenters. The van der Waals surface area contributed by atoms with E-state index < -0.39 is 0 Å². The minimum Gasteiger partial charge on any atom is -0.368 e. The SMILES string of the molecule is Clc1ccc(C2Cc3c(ccc4c3CCc3ccccc3-4)CC2Cc2ccccc2)cc1.c1cc[nH]c1. The van der Waals surface area contributed by atoms with Crippen LogP contribution in [0.3, 0.4) is 0 Å². The molecular formula is C35H32ClN. The lowest BCUT2D eigenvalue weighted by Gasteiger charge is -2.36. The summed E-state index contributed by atoms with van der Waals surface area (Å²) in [6.45, 7) is 0. The Labute approximate surface area is 225 Å². The van der Waals surface area contributed by atoms with Gasteiger partial charge in [0.1, 0.15) is 0 Å². The van der Waals surface area contributed by atoms with E-state index in [0.29, 0.717) is 11.8 Å². The smallest absolute Gasteiger partial charge is 0.0406 e. The molecule has 0 bridgehead atoms. The fourth-order valence-electron chi connectivity index (χ4n) is 6.31. The molecule has 0 saturated carbocycles. The predicted molar refractivity (Wildman–Crippen MR) is 155 cm³/mol. The highest BCUT2D eigenvalue weighted by atomic mass is 35.5. The summed E-state index contributed by atoms with van der Waals surface area (Å²) in [6.07, 6.45) is 9.45. The number of rotatable bonds is 3. The van der Waals surface area contributed by atoms with Crippen molar-refractivity contribution >= 4 is 11.6 Å². The van der Waals surface area contributed by atoms with E-state index in [9.17, 15) is 0 Å². The zero-order valence-corrected chi connectivity index (χ0v) is 21.8. The van der Waals surface area contributed by atoms with Crippen LogP contribution in [0.1, 0.15) is 39.3 Å². The summed E-state index contributed by atoms with van der Waals surface area (Å²) in [5.41, 5.74) is 12.0. The molecule has 0 aliphatic heterocycles. The van der Waals surface area contributed by atoms with E-state index in [4.69, 9.17) is 11.6 Å². The number of fused-ring (bicyclic) bond motifs is 5. The first-order chi connectivity index (χ1) is 18.3. The number of hydrogen-bond donors (Lipinski definition) is 1. The van der Waals surface area contributed by atoms with E-state index in [1.807, 2.05) is 24.5 Å². The average molecular weight is 502 g/mol. The standard InChI is InChI=1S/C31H27Cl.C4H5N/c32-26-14-10-23(11-15-26)30-20-31-24(19-25(30)18-21-6-2-1-3-7-21)13-17-28-27-9-5-4-8-22(27)12-16-29(28)31;1-2-4-5-3-1/h1-11,13-15,17,25,30H,12,16,18-20H2;1-5H. The zero-order chi connectivity index (χ0) is 25.0. The Balaban J connectivity index is 0.000000453. The summed E-state index contributed by atoms with van der Waals surface area (Å²) in [6, 6.07) is 37.3. The quantitative estimate of drug-likeness (QED) is 0.254. The number of benzene rings is 4. The third kappa shape index (κ3) is 5.15. The van der Waals surface area contributed by atoms with Gasteiger partial charge in [0.25, 0.3) is 0 Å². The van der Waals surface area contributed by atoms with Crippen LogP contribution in [-0.2, 0) is 32.1 Å². The van der Waals surface area contributed by atoms with Crippen LogP contribution in [0.5, 0.6) is 0 Å². The first-order valence-electron chi connectivity index (χ1n) is 13.4. The molecule has 0 fully saturated rings. The van der Waals surface area contributed by atoms with Gasteiger partial charge in [0, 0.05) is 17.4 Å². The van der Waals surface area contributed by atoms with Crippen molar-refractivity contribution in [2.75, 3.05) is 0 Å². The fourth-order valence-corrected chi connectivity index (χ4v) is 6.43. The third-order valence-electron chi connectivity index (χ3n) is 8.09. The van der Waals surface area contributed by atoms with E-state index in [-0.39, 0.29) is 0 Å². The molecule has 0 spiro atoms. The largest absolute Gasteiger partial charge is 0.368 e. The Morgan fingerprint density at radius 2 is 1.38 bits per heavy atom. The Kier molecular flexibility index (Phi) is 6.97. The number of nitrogens with one attached hydrogen (secondary N) is 1. The molecule has 5 aromatic rings. The Bertz CT molecular complexity index is 1430. The molecule has 1 N–H and O–H groups in total. The van der Waals surface area contributed by atoms with Crippen molar-refractivity contribution in [2.24, 2.45) is 5.92 Å². The topological polar surface area (TPSA) is 15.8 Å². The second kappa shape index (κ2) is 10.8. The lowest BCUT2D eigenvalue weighted by molar-refractivity contribution is 0.390. The van der Waals surface area contributed by atoms with Gasteiger partial charge >= 0.3 is 0 Å². The normalized spacial score (nSPS) is 17.5. The van der Waals surface area contributed by atoms with Crippen molar-refractivity contribution in [2.45, 2.75) is 38.0 Å². The lowest BCUT2D eigenvalue weighted by atomic mass is 9.68. The molecule has 2 heteroatoms.